The maximum Gasteiger partial charge on any atom is 0.153 e. The first-order valence-electron chi connectivity index (χ1n) is 6.55. The highest BCUT2D eigenvalue weighted by Crippen LogP contribution is 2.21. The summed E-state index contributed by atoms with van der Waals surface area (Å²) in [6, 6.07) is 2.15. The zero-order valence-electron chi connectivity index (χ0n) is 11.1. The number of fused-ring (bicyclic) bond motifs is 1. The van der Waals surface area contributed by atoms with Gasteiger partial charge in [0.25, 0.3) is 0 Å². The van der Waals surface area contributed by atoms with Crippen LogP contribution in [-0.4, -0.2) is 25.0 Å². The molecule has 0 saturated heterocycles. The molecular weight excluding hydrogens is 298 g/mol. The number of imidazole rings is 2. The first kappa shape index (κ1) is 14.0. The number of rotatable bonds is 5. The maximum absolute atomic E-state index is 13.8. The Hall–Kier alpha value is -1.95. The summed E-state index contributed by atoms with van der Waals surface area (Å²) < 4.78 is 31.0. The van der Waals surface area contributed by atoms with E-state index < -0.39 is 11.6 Å². The molecule has 1 aromatic carbocycles. The lowest BCUT2D eigenvalue weighted by Crippen LogP contribution is -2.10. The fourth-order valence-electron chi connectivity index (χ4n) is 2.36. The van der Waals surface area contributed by atoms with Crippen molar-refractivity contribution >= 4 is 22.6 Å². The molecule has 0 atom stereocenters. The van der Waals surface area contributed by atoms with Crippen LogP contribution in [-0.2, 0) is 19.5 Å². The van der Waals surface area contributed by atoms with E-state index in [1.807, 2.05) is 15.3 Å². The standard InChI is InChI=1S/C14H13ClF2N4/c15-2-1-13-19-14-11(17)7-10(16)8-12(14)21(13)6-5-20-4-3-18-9-20/h3-4,7-9H,1-2,5-6H2. The quantitative estimate of drug-likeness (QED) is 0.679. The summed E-state index contributed by atoms with van der Waals surface area (Å²) in [4.78, 5) is 8.22. The van der Waals surface area contributed by atoms with Gasteiger partial charge in [0.1, 0.15) is 17.2 Å². The molecule has 0 radical (unpaired) electrons. The number of benzene rings is 1. The van der Waals surface area contributed by atoms with Crippen molar-refractivity contribution < 1.29 is 8.78 Å². The molecule has 7 heteroatoms. The van der Waals surface area contributed by atoms with Crippen molar-refractivity contribution in [1.29, 1.82) is 0 Å². The van der Waals surface area contributed by atoms with Crippen LogP contribution in [0.1, 0.15) is 5.82 Å². The lowest BCUT2D eigenvalue weighted by atomic mass is 10.3. The van der Waals surface area contributed by atoms with Crippen LogP contribution in [0.25, 0.3) is 11.0 Å². The molecule has 4 nitrogen and oxygen atoms in total. The average Bonchev–Trinajstić information content (AvgIpc) is 3.05. The van der Waals surface area contributed by atoms with Gasteiger partial charge in [0.15, 0.2) is 5.82 Å². The van der Waals surface area contributed by atoms with E-state index in [1.54, 1.807) is 12.5 Å². The van der Waals surface area contributed by atoms with Crippen LogP contribution in [0.2, 0.25) is 0 Å². The van der Waals surface area contributed by atoms with E-state index in [1.165, 1.54) is 6.07 Å². The van der Waals surface area contributed by atoms with Crippen molar-refractivity contribution in [2.24, 2.45) is 0 Å². The maximum atomic E-state index is 13.8. The molecule has 0 spiro atoms. The van der Waals surface area contributed by atoms with Crippen LogP contribution in [0.5, 0.6) is 0 Å². The Morgan fingerprint density at radius 2 is 2.05 bits per heavy atom. The molecule has 2 aromatic heterocycles. The Labute approximate surface area is 125 Å². The third kappa shape index (κ3) is 2.76. The first-order chi connectivity index (χ1) is 10.2. The minimum atomic E-state index is -0.651. The number of hydrogen-bond acceptors (Lipinski definition) is 2. The predicted octanol–water partition coefficient (Wildman–Crippen LogP) is 2.99. The lowest BCUT2D eigenvalue weighted by Gasteiger charge is -2.09. The molecule has 0 bridgehead atoms. The van der Waals surface area contributed by atoms with Gasteiger partial charge in [0.2, 0.25) is 0 Å². The second-order valence-electron chi connectivity index (χ2n) is 4.67. The third-order valence-electron chi connectivity index (χ3n) is 3.31. The molecule has 0 fully saturated rings. The zero-order chi connectivity index (χ0) is 14.8. The van der Waals surface area contributed by atoms with Gasteiger partial charge in [-0.2, -0.15) is 0 Å². The second-order valence-corrected chi connectivity index (χ2v) is 5.05. The summed E-state index contributed by atoms with van der Waals surface area (Å²) in [5.41, 5.74) is 0.634. The lowest BCUT2D eigenvalue weighted by molar-refractivity contribution is 0.568. The number of nitrogens with zero attached hydrogens (tertiary/aromatic N) is 4. The second kappa shape index (κ2) is 5.81. The Morgan fingerprint density at radius 3 is 2.76 bits per heavy atom. The predicted molar refractivity (Wildman–Crippen MR) is 76.3 cm³/mol. The number of aromatic nitrogens is 4. The Bertz CT molecular complexity index is 752. The van der Waals surface area contributed by atoms with E-state index in [2.05, 4.69) is 9.97 Å². The molecule has 0 saturated carbocycles. The van der Waals surface area contributed by atoms with Gasteiger partial charge in [-0.05, 0) is 6.07 Å². The highest BCUT2D eigenvalue weighted by atomic mass is 35.5. The van der Waals surface area contributed by atoms with Crippen molar-refractivity contribution in [3.63, 3.8) is 0 Å². The minimum Gasteiger partial charge on any atom is -0.336 e. The van der Waals surface area contributed by atoms with E-state index >= 15 is 0 Å². The summed E-state index contributed by atoms with van der Waals surface area (Å²) in [6.45, 7) is 1.18. The van der Waals surface area contributed by atoms with Gasteiger partial charge in [0.05, 0.1) is 11.8 Å². The van der Waals surface area contributed by atoms with E-state index in [4.69, 9.17) is 11.6 Å². The van der Waals surface area contributed by atoms with Gasteiger partial charge in [-0.3, -0.25) is 0 Å². The molecule has 0 aliphatic rings. The fraction of sp³-hybridized carbons (Fsp3) is 0.286. The van der Waals surface area contributed by atoms with Gasteiger partial charge < -0.3 is 9.13 Å². The largest absolute Gasteiger partial charge is 0.336 e. The minimum absolute atomic E-state index is 0.183. The highest BCUT2D eigenvalue weighted by molar-refractivity contribution is 6.17. The number of hydrogen-bond donors (Lipinski definition) is 0. The average molecular weight is 311 g/mol. The smallest absolute Gasteiger partial charge is 0.153 e. The van der Waals surface area contributed by atoms with Crippen molar-refractivity contribution in [3.05, 3.63) is 48.3 Å². The van der Waals surface area contributed by atoms with Gasteiger partial charge in [-0.1, -0.05) is 0 Å². The highest BCUT2D eigenvalue weighted by Gasteiger charge is 2.15. The van der Waals surface area contributed by atoms with Crippen LogP contribution < -0.4 is 0 Å². The monoisotopic (exact) mass is 310 g/mol. The van der Waals surface area contributed by atoms with Crippen LogP contribution >= 0.6 is 11.6 Å². The molecule has 0 aliphatic heterocycles. The van der Waals surface area contributed by atoms with E-state index in [0.29, 0.717) is 36.7 Å². The Kier molecular flexibility index (Phi) is 3.88. The van der Waals surface area contributed by atoms with Gasteiger partial charge in [-0.25, -0.2) is 18.7 Å². The molecule has 0 N–H and O–H groups in total. The summed E-state index contributed by atoms with van der Waals surface area (Å²) in [5.74, 6) is -0.230. The van der Waals surface area contributed by atoms with Crippen molar-refractivity contribution in [2.75, 3.05) is 5.88 Å². The molecular formula is C14H13ClF2N4. The van der Waals surface area contributed by atoms with Crippen LogP contribution in [0.4, 0.5) is 8.78 Å². The Morgan fingerprint density at radius 1 is 1.19 bits per heavy atom. The normalized spacial score (nSPS) is 11.4. The Balaban J connectivity index is 2.02. The van der Waals surface area contributed by atoms with Gasteiger partial charge >= 0.3 is 0 Å². The van der Waals surface area contributed by atoms with Gasteiger partial charge in [-0.15, -0.1) is 11.6 Å². The molecule has 21 heavy (non-hydrogen) atoms. The van der Waals surface area contributed by atoms with Crippen molar-refractivity contribution in [1.82, 2.24) is 19.1 Å². The third-order valence-corrected chi connectivity index (χ3v) is 3.50. The molecule has 2 heterocycles. The summed E-state index contributed by atoms with van der Waals surface area (Å²) >= 11 is 5.77. The van der Waals surface area contributed by atoms with Crippen molar-refractivity contribution in [2.45, 2.75) is 19.5 Å². The number of halogens is 3. The van der Waals surface area contributed by atoms with Crippen LogP contribution in [0, 0.1) is 11.6 Å². The van der Waals surface area contributed by atoms with E-state index in [-0.39, 0.29) is 5.52 Å². The fourth-order valence-corrected chi connectivity index (χ4v) is 2.53. The summed E-state index contributed by atoms with van der Waals surface area (Å²) in [7, 11) is 0. The summed E-state index contributed by atoms with van der Waals surface area (Å²) in [6.07, 6.45) is 5.72. The van der Waals surface area contributed by atoms with Gasteiger partial charge in [0, 0.05) is 43.9 Å². The van der Waals surface area contributed by atoms with E-state index in [9.17, 15) is 8.78 Å². The molecule has 110 valence electrons. The van der Waals surface area contributed by atoms with Crippen LogP contribution in [0.15, 0.2) is 30.9 Å². The molecule has 0 amide bonds. The van der Waals surface area contributed by atoms with E-state index in [0.717, 1.165) is 6.07 Å². The summed E-state index contributed by atoms with van der Waals surface area (Å²) in [5, 5.41) is 0. The molecule has 3 rings (SSSR count). The molecule has 0 unspecified atom stereocenters. The number of aryl methyl sites for hydroxylation is 3. The van der Waals surface area contributed by atoms with Crippen molar-refractivity contribution in [3.8, 4) is 0 Å². The molecule has 3 aromatic rings. The number of alkyl halides is 1. The van der Waals surface area contributed by atoms with Crippen LogP contribution in [0.3, 0.4) is 0 Å². The topological polar surface area (TPSA) is 35.6 Å². The zero-order valence-corrected chi connectivity index (χ0v) is 11.9. The first-order valence-corrected chi connectivity index (χ1v) is 7.08. The molecule has 0 aliphatic carbocycles. The SMILES string of the molecule is Fc1cc(F)c2nc(CCCl)n(CCn3ccnc3)c2c1.